The van der Waals surface area contributed by atoms with E-state index in [0.717, 1.165) is 28.1 Å². The largest absolute Gasteiger partial charge is 0.271 e. The maximum atomic E-state index is 12.6. The lowest BCUT2D eigenvalue weighted by molar-refractivity contribution is 0.560. The van der Waals surface area contributed by atoms with E-state index in [0.29, 0.717) is 11.4 Å². The van der Waals surface area contributed by atoms with Crippen LogP contribution in [-0.4, -0.2) is 29.7 Å². The fourth-order valence-electron chi connectivity index (χ4n) is 2.73. The van der Waals surface area contributed by atoms with Gasteiger partial charge in [-0.3, -0.25) is 9.67 Å². The number of sulfonamides is 1. The van der Waals surface area contributed by atoms with Gasteiger partial charge in [-0.25, -0.2) is 13.1 Å². The summed E-state index contributed by atoms with van der Waals surface area (Å²) >= 11 is 0. The Bertz CT molecular complexity index is 1010. The Morgan fingerprint density at radius 1 is 1.00 bits per heavy atom. The van der Waals surface area contributed by atoms with Crippen LogP contribution in [0.5, 0.6) is 0 Å². The molecule has 0 radical (unpaired) electrons. The standard InChI is InChI=1S/C19H22N4O2S/c1-14-12-16(3)19(13-15(14)2)26(24,25)21-9-11-23-10-7-18(22-23)17-6-4-5-8-20-17/h4-8,10,12-13,21H,9,11H2,1-3H3. The molecule has 0 aliphatic carbocycles. The lowest BCUT2D eigenvalue weighted by Gasteiger charge is -2.12. The summed E-state index contributed by atoms with van der Waals surface area (Å²) < 4.78 is 29.5. The fraction of sp³-hybridized carbons (Fsp3) is 0.263. The SMILES string of the molecule is Cc1cc(C)c(S(=O)(=O)NCCn2ccc(-c3ccccn3)n2)cc1C. The molecule has 0 bridgehead atoms. The monoisotopic (exact) mass is 370 g/mol. The minimum atomic E-state index is -3.55. The van der Waals surface area contributed by atoms with Crippen LogP contribution in [-0.2, 0) is 16.6 Å². The van der Waals surface area contributed by atoms with Crippen molar-refractivity contribution in [2.45, 2.75) is 32.2 Å². The number of hydrogen-bond donors (Lipinski definition) is 1. The van der Waals surface area contributed by atoms with Crippen LogP contribution >= 0.6 is 0 Å². The van der Waals surface area contributed by atoms with Gasteiger partial charge in [-0.15, -0.1) is 0 Å². The van der Waals surface area contributed by atoms with Crippen LogP contribution in [0.4, 0.5) is 0 Å². The minimum Gasteiger partial charge on any atom is -0.271 e. The van der Waals surface area contributed by atoms with E-state index in [9.17, 15) is 8.42 Å². The van der Waals surface area contributed by atoms with Gasteiger partial charge in [0.15, 0.2) is 0 Å². The van der Waals surface area contributed by atoms with E-state index in [2.05, 4.69) is 14.8 Å². The summed E-state index contributed by atoms with van der Waals surface area (Å²) in [7, 11) is -3.55. The number of aryl methyl sites for hydroxylation is 3. The van der Waals surface area contributed by atoms with Crippen LogP contribution in [0.3, 0.4) is 0 Å². The molecule has 136 valence electrons. The molecule has 6 nitrogen and oxygen atoms in total. The first kappa shape index (κ1) is 18.3. The zero-order valence-corrected chi connectivity index (χ0v) is 15.9. The van der Waals surface area contributed by atoms with E-state index in [4.69, 9.17) is 0 Å². The zero-order valence-electron chi connectivity index (χ0n) is 15.1. The highest BCUT2D eigenvalue weighted by Crippen LogP contribution is 2.19. The predicted molar refractivity (Wildman–Crippen MR) is 101 cm³/mol. The summed E-state index contributed by atoms with van der Waals surface area (Å²) in [6.07, 6.45) is 3.54. The Balaban J connectivity index is 1.66. The highest BCUT2D eigenvalue weighted by Gasteiger charge is 2.17. The molecule has 0 aliphatic heterocycles. The van der Waals surface area contributed by atoms with Gasteiger partial charge in [-0.2, -0.15) is 5.10 Å². The summed E-state index contributed by atoms with van der Waals surface area (Å²) in [5, 5.41) is 4.44. The van der Waals surface area contributed by atoms with Crippen LogP contribution in [0.25, 0.3) is 11.4 Å². The molecule has 7 heteroatoms. The lowest BCUT2D eigenvalue weighted by Crippen LogP contribution is -2.28. The molecule has 1 aromatic carbocycles. The molecule has 0 saturated carbocycles. The van der Waals surface area contributed by atoms with Gasteiger partial charge in [0.25, 0.3) is 0 Å². The molecule has 3 rings (SSSR count). The Kier molecular flexibility index (Phi) is 5.20. The van der Waals surface area contributed by atoms with E-state index >= 15 is 0 Å². The van der Waals surface area contributed by atoms with E-state index in [1.54, 1.807) is 16.9 Å². The third-order valence-electron chi connectivity index (χ3n) is 4.28. The van der Waals surface area contributed by atoms with Crippen LogP contribution in [0, 0.1) is 20.8 Å². The molecule has 2 heterocycles. The van der Waals surface area contributed by atoms with E-state index < -0.39 is 10.0 Å². The van der Waals surface area contributed by atoms with Gasteiger partial charge in [0.1, 0.15) is 5.69 Å². The predicted octanol–water partition coefficient (Wildman–Crippen LogP) is 2.85. The first-order valence-electron chi connectivity index (χ1n) is 8.39. The van der Waals surface area contributed by atoms with Crippen molar-refractivity contribution in [2.24, 2.45) is 0 Å². The number of nitrogens with one attached hydrogen (secondary N) is 1. The summed E-state index contributed by atoms with van der Waals surface area (Å²) in [5.74, 6) is 0. The third-order valence-corrected chi connectivity index (χ3v) is 5.88. The Hall–Kier alpha value is -2.51. The molecule has 2 aromatic heterocycles. The smallest absolute Gasteiger partial charge is 0.240 e. The third kappa shape index (κ3) is 4.00. The van der Waals surface area contributed by atoms with Gasteiger partial charge in [-0.05, 0) is 61.7 Å². The van der Waals surface area contributed by atoms with Crippen molar-refractivity contribution in [3.63, 3.8) is 0 Å². The van der Waals surface area contributed by atoms with Crippen molar-refractivity contribution in [1.29, 1.82) is 0 Å². The van der Waals surface area contributed by atoms with Crippen LogP contribution in [0.2, 0.25) is 0 Å². The van der Waals surface area contributed by atoms with Gasteiger partial charge in [0.05, 0.1) is 17.1 Å². The fourth-order valence-corrected chi connectivity index (χ4v) is 4.06. The molecule has 0 fully saturated rings. The number of rotatable bonds is 6. The Labute approximate surface area is 154 Å². The molecule has 0 saturated heterocycles. The molecular weight excluding hydrogens is 348 g/mol. The number of nitrogens with zero attached hydrogens (tertiary/aromatic N) is 3. The molecule has 26 heavy (non-hydrogen) atoms. The summed E-state index contributed by atoms with van der Waals surface area (Å²) in [6, 6.07) is 11.1. The first-order chi connectivity index (χ1) is 12.4. The number of benzene rings is 1. The molecule has 0 unspecified atom stereocenters. The second kappa shape index (κ2) is 7.39. The van der Waals surface area contributed by atoms with Crippen molar-refractivity contribution < 1.29 is 8.42 Å². The Morgan fingerprint density at radius 2 is 1.77 bits per heavy atom. The molecule has 3 aromatic rings. The molecule has 0 spiro atoms. The van der Waals surface area contributed by atoms with E-state index in [1.807, 2.05) is 57.3 Å². The zero-order chi connectivity index (χ0) is 18.7. The average Bonchev–Trinajstić information content (AvgIpc) is 3.07. The highest BCUT2D eigenvalue weighted by molar-refractivity contribution is 7.89. The summed E-state index contributed by atoms with van der Waals surface area (Å²) in [5.41, 5.74) is 4.34. The van der Waals surface area contributed by atoms with Crippen LogP contribution in [0.15, 0.2) is 53.7 Å². The second-order valence-electron chi connectivity index (χ2n) is 6.28. The molecule has 0 aliphatic rings. The molecule has 1 N–H and O–H groups in total. The summed E-state index contributed by atoms with van der Waals surface area (Å²) in [4.78, 5) is 4.59. The van der Waals surface area contributed by atoms with Crippen molar-refractivity contribution in [1.82, 2.24) is 19.5 Å². The summed E-state index contributed by atoms with van der Waals surface area (Å²) in [6.45, 7) is 6.40. The van der Waals surface area contributed by atoms with Crippen LogP contribution < -0.4 is 4.72 Å². The minimum absolute atomic E-state index is 0.262. The lowest BCUT2D eigenvalue weighted by atomic mass is 10.1. The number of pyridine rings is 1. The van der Waals surface area contributed by atoms with Gasteiger partial charge in [-0.1, -0.05) is 12.1 Å². The van der Waals surface area contributed by atoms with E-state index in [1.165, 1.54) is 0 Å². The number of aromatic nitrogens is 3. The maximum absolute atomic E-state index is 12.6. The second-order valence-corrected chi connectivity index (χ2v) is 8.01. The Morgan fingerprint density at radius 3 is 2.50 bits per heavy atom. The normalized spacial score (nSPS) is 11.7. The van der Waals surface area contributed by atoms with Gasteiger partial charge < -0.3 is 0 Å². The van der Waals surface area contributed by atoms with E-state index in [-0.39, 0.29) is 6.54 Å². The topological polar surface area (TPSA) is 76.9 Å². The van der Waals surface area contributed by atoms with Crippen molar-refractivity contribution in [2.75, 3.05) is 6.54 Å². The van der Waals surface area contributed by atoms with Gasteiger partial charge >= 0.3 is 0 Å². The molecule has 0 atom stereocenters. The first-order valence-corrected chi connectivity index (χ1v) is 9.87. The van der Waals surface area contributed by atoms with Crippen molar-refractivity contribution in [3.8, 4) is 11.4 Å². The molecule has 0 amide bonds. The van der Waals surface area contributed by atoms with Crippen LogP contribution in [0.1, 0.15) is 16.7 Å². The molecular formula is C19H22N4O2S. The van der Waals surface area contributed by atoms with Crippen molar-refractivity contribution in [3.05, 3.63) is 65.5 Å². The number of hydrogen-bond acceptors (Lipinski definition) is 4. The average molecular weight is 370 g/mol. The highest BCUT2D eigenvalue weighted by atomic mass is 32.2. The quantitative estimate of drug-likeness (QED) is 0.724. The maximum Gasteiger partial charge on any atom is 0.240 e. The van der Waals surface area contributed by atoms with Crippen molar-refractivity contribution >= 4 is 10.0 Å². The van der Waals surface area contributed by atoms with Gasteiger partial charge in [0, 0.05) is 18.9 Å². The van der Waals surface area contributed by atoms with Gasteiger partial charge in [0.2, 0.25) is 10.0 Å².